The Kier molecular flexibility index (Phi) is 5.15. The molecule has 2 saturated heterocycles. The van der Waals surface area contributed by atoms with Gasteiger partial charge in [-0.1, -0.05) is 0 Å². The molecule has 1 N–H and O–H groups in total. The Morgan fingerprint density at radius 1 is 1.17 bits per heavy atom. The van der Waals surface area contributed by atoms with Gasteiger partial charge in [0.1, 0.15) is 29.4 Å². The molecule has 0 unspecified atom stereocenters. The Morgan fingerprint density at radius 2 is 1.91 bits per heavy atom. The third-order valence-corrected chi connectivity index (χ3v) is 6.04. The van der Waals surface area contributed by atoms with Crippen LogP contribution in [0.1, 0.15) is 25.1 Å². The highest BCUT2D eigenvalue weighted by molar-refractivity contribution is 6.10. The predicted octanol–water partition coefficient (Wildman–Crippen LogP) is 3.18. The molecule has 3 aromatic rings. The topological polar surface area (TPSA) is 101 Å². The van der Waals surface area contributed by atoms with Gasteiger partial charge in [0.05, 0.1) is 5.56 Å². The van der Waals surface area contributed by atoms with Crippen molar-refractivity contribution in [2.75, 3.05) is 16.8 Å². The maximum Gasteiger partial charge on any atom is 0.416 e. The van der Waals surface area contributed by atoms with E-state index in [1.807, 2.05) is 6.07 Å². The predicted molar refractivity (Wildman–Crippen MR) is 119 cm³/mol. The van der Waals surface area contributed by atoms with Crippen LogP contribution in [0.5, 0.6) is 0 Å². The molecule has 0 bridgehead atoms. The van der Waals surface area contributed by atoms with Gasteiger partial charge in [0.2, 0.25) is 0 Å². The maximum atomic E-state index is 13.8. The number of alkyl halides is 3. The number of hydrogen-bond donors (Lipinski definition) is 1. The van der Waals surface area contributed by atoms with Crippen LogP contribution in [-0.4, -0.2) is 57.9 Å². The van der Waals surface area contributed by atoms with E-state index in [1.165, 1.54) is 18.9 Å². The number of hydrogen-bond acceptors (Lipinski definition) is 6. The summed E-state index contributed by atoms with van der Waals surface area (Å²) in [5, 5.41) is 0.838. The van der Waals surface area contributed by atoms with Crippen molar-refractivity contribution in [3.63, 3.8) is 0 Å². The minimum absolute atomic E-state index is 0.0419. The number of rotatable bonds is 3. The van der Waals surface area contributed by atoms with Crippen LogP contribution < -0.4 is 9.80 Å². The quantitative estimate of drug-likeness (QED) is 0.607. The van der Waals surface area contributed by atoms with Crippen molar-refractivity contribution in [1.82, 2.24) is 15.0 Å². The molecule has 0 radical (unpaired) electrons. The average Bonchev–Trinajstić information content (AvgIpc) is 3.43. The summed E-state index contributed by atoms with van der Waals surface area (Å²) >= 11 is 0. The molecule has 2 amide bonds. The molecule has 35 heavy (non-hydrogen) atoms. The molecule has 5 rings (SSSR count). The molecule has 0 aliphatic carbocycles. The summed E-state index contributed by atoms with van der Waals surface area (Å²) < 4.78 is 52.1. The molecule has 9 nitrogen and oxygen atoms in total. The summed E-state index contributed by atoms with van der Waals surface area (Å²) in [6.45, 7) is 4.58. The highest BCUT2D eigenvalue weighted by Crippen LogP contribution is 2.41. The van der Waals surface area contributed by atoms with Crippen molar-refractivity contribution in [3.8, 4) is 0 Å². The third kappa shape index (κ3) is 3.92. The normalized spacial score (nSPS) is 23.7. The molecule has 2 aliphatic heterocycles. The smallest absolute Gasteiger partial charge is 0.346 e. The van der Waals surface area contributed by atoms with Gasteiger partial charge < -0.3 is 14.5 Å². The first-order chi connectivity index (χ1) is 16.4. The van der Waals surface area contributed by atoms with Crippen LogP contribution in [0.3, 0.4) is 0 Å². The summed E-state index contributed by atoms with van der Waals surface area (Å²) in [6, 6.07) is 5.53. The molecular formula is C23H22F3N5O4. The highest BCUT2D eigenvalue weighted by atomic mass is 19.4. The number of fused-ring (bicyclic) bond motifs is 2. The fourth-order valence-corrected chi connectivity index (χ4v) is 4.49. The number of halogens is 3. The molecule has 0 aromatic carbocycles. The van der Waals surface area contributed by atoms with Gasteiger partial charge in [0.25, 0.3) is 11.8 Å². The minimum Gasteiger partial charge on any atom is -0.346 e. The lowest BCUT2D eigenvalue weighted by atomic mass is 10.1. The van der Waals surface area contributed by atoms with Crippen LogP contribution in [0.15, 0.2) is 36.5 Å². The van der Waals surface area contributed by atoms with Gasteiger partial charge in [-0.05, 0) is 51.1 Å². The second-order valence-electron chi connectivity index (χ2n) is 9.01. The van der Waals surface area contributed by atoms with E-state index >= 15 is 0 Å². The van der Waals surface area contributed by atoms with E-state index in [-0.39, 0.29) is 17.3 Å². The zero-order valence-electron chi connectivity index (χ0n) is 19.3. The summed E-state index contributed by atoms with van der Waals surface area (Å²) in [5.74, 6) is -2.49. The molecule has 12 heteroatoms. The molecule has 5 heterocycles. The number of likely N-dealkylation sites (N-methyl/N-ethyl adjacent to an activating group) is 1. The van der Waals surface area contributed by atoms with E-state index in [1.54, 1.807) is 32.2 Å². The number of nitrogens with zero attached hydrogens (tertiary/aromatic N) is 4. The molecular weight excluding hydrogens is 467 g/mol. The second-order valence-corrected chi connectivity index (χ2v) is 9.01. The van der Waals surface area contributed by atoms with Gasteiger partial charge >= 0.3 is 6.18 Å². The molecule has 184 valence electrons. The van der Waals surface area contributed by atoms with Crippen molar-refractivity contribution in [3.05, 3.63) is 47.8 Å². The van der Waals surface area contributed by atoms with E-state index < -0.39 is 47.6 Å². The number of nitrogens with one attached hydrogen (secondary N) is 1. The Bertz CT molecular complexity index is 1340. The minimum atomic E-state index is -4.66. The lowest BCUT2D eigenvalue weighted by Gasteiger charge is -2.31. The number of H-pyrrole nitrogens is 1. The average molecular weight is 489 g/mol. The first-order valence-corrected chi connectivity index (χ1v) is 10.8. The maximum absolute atomic E-state index is 13.8. The molecule has 2 aliphatic rings. The SMILES string of the molecule is Cc1cc(C(F)(F)F)cc(N2C(=O)[C@H]3OC(C)(C)O[C@H]3[C@H]2C(=O)N(C)c2ccc3cc[nH]c3n2)n1. The van der Waals surface area contributed by atoms with E-state index in [9.17, 15) is 22.8 Å². The first kappa shape index (κ1) is 23.2. The van der Waals surface area contributed by atoms with E-state index in [2.05, 4.69) is 15.0 Å². The molecule has 0 saturated carbocycles. The van der Waals surface area contributed by atoms with Gasteiger partial charge in [-0.15, -0.1) is 0 Å². The fraction of sp³-hybridized carbons (Fsp3) is 0.391. The standard InChI is InChI=1S/C23H22F3N5O4/c1-11-9-13(23(24,25)26)10-15(28-11)31-16(17-18(21(31)33)35-22(2,3)34-17)20(32)30(4)14-6-5-12-7-8-27-19(12)29-14/h5-10,16-18H,1-4H3,(H,27,29)/t16-,17-,18-/m0/s1. The van der Waals surface area contributed by atoms with Gasteiger partial charge in [-0.25, -0.2) is 9.97 Å². The van der Waals surface area contributed by atoms with Gasteiger partial charge in [0, 0.05) is 24.3 Å². The third-order valence-electron chi connectivity index (χ3n) is 6.04. The number of anilines is 2. The van der Waals surface area contributed by atoms with Crippen LogP contribution in [0, 0.1) is 6.92 Å². The van der Waals surface area contributed by atoms with Crippen LogP contribution in [-0.2, 0) is 25.2 Å². The number of amides is 2. The summed E-state index contributed by atoms with van der Waals surface area (Å²) in [4.78, 5) is 40.9. The van der Waals surface area contributed by atoms with Crippen molar-refractivity contribution in [1.29, 1.82) is 0 Å². The molecule has 3 atom stereocenters. The van der Waals surface area contributed by atoms with Crippen LogP contribution in [0.25, 0.3) is 11.0 Å². The summed E-state index contributed by atoms with van der Waals surface area (Å²) in [5.41, 5.74) is -0.387. The Hall–Kier alpha value is -3.51. The monoisotopic (exact) mass is 489 g/mol. The van der Waals surface area contributed by atoms with Crippen LogP contribution in [0.4, 0.5) is 24.8 Å². The van der Waals surface area contributed by atoms with Gasteiger partial charge in [0.15, 0.2) is 11.9 Å². The van der Waals surface area contributed by atoms with Crippen molar-refractivity contribution < 1.29 is 32.2 Å². The van der Waals surface area contributed by atoms with Crippen molar-refractivity contribution in [2.45, 2.75) is 51.0 Å². The zero-order chi connectivity index (χ0) is 25.3. The first-order valence-electron chi connectivity index (χ1n) is 10.8. The second kappa shape index (κ2) is 7.75. The number of aryl methyl sites for hydroxylation is 1. The van der Waals surface area contributed by atoms with E-state index in [0.29, 0.717) is 5.65 Å². The lowest BCUT2D eigenvalue weighted by Crippen LogP contribution is -2.51. The Balaban J connectivity index is 1.58. The number of aromatic nitrogens is 3. The lowest BCUT2D eigenvalue weighted by molar-refractivity contribution is -0.161. The number of carbonyl (C=O) groups is 2. The molecule has 0 spiro atoms. The number of carbonyl (C=O) groups excluding carboxylic acids is 2. The highest BCUT2D eigenvalue weighted by Gasteiger charge is 2.61. The van der Waals surface area contributed by atoms with Crippen LogP contribution >= 0.6 is 0 Å². The fourth-order valence-electron chi connectivity index (χ4n) is 4.49. The molecule has 2 fully saturated rings. The number of ether oxygens (including phenoxy) is 2. The van der Waals surface area contributed by atoms with Crippen molar-refractivity contribution >= 4 is 34.5 Å². The van der Waals surface area contributed by atoms with Crippen molar-refractivity contribution in [2.24, 2.45) is 0 Å². The van der Waals surface area contributed by atoms with E-state index in [4.69, 9.17) is 9.47 Å². The van der Waals surface area contributed by atoms with Gasteiger partial charge in [-0.3, -0.25) is 19.4 Å². The largest absolute Gasteiger partial charge is 0.416 e. The number of pyridine rings is 2. The molecule has 3 aromatic heterocycles. The summed E-state index contributed by atoms with van der Waals surface area (Å²) in [7, 11) is 1.47. The van der Waals surface area contributed by atoms with E-state index in [0.717, 1.165) is 22.4 Å². The number of aromatic amines is 1. The zero-order valence-corrected chi connectivity index (χ0v) is 19.3. The Labute approximate surface area is 197 Å². The Morgan fingerprint density at radius 3 is 2.63 bits per heavy atom. The van der Waals surface area contributed by atoms with Gasteiger partial charge in [-0.2, -0.15) is 13.2 Å². The van der Waals surface area contributed by atoms with Crippen LogP contribution in [0.2, 0.25) is 0 Å². The summed E-state index contributed by atoms with van der Waals surface area (Å²) in [6.07, 6.45) is -5.19.